The van der Waals surface area contributed by atoms with E-state index in [-0.39, 0.29) is 12.1 Å². The third-order valence-corrected chi connectivity index (χ3v) is 9.49. The zero-order chi connectivity index (χ0) is 27.3. The van der Waals surface area contributed by atoms with E-state index in [0.29, 0.717) is 0 Å². The van der Waals surface area contributed by atoms with E-state index < -0.39 is 0 Å². The zero-order valence-corrected chi connectivity index (χ0v) is 24.3. The molecule has 0 radical (unpaired) electrons. The molecule has 40 heavy (non-hydrogen) atoms. The normalized spacial score (nSPS) is 18.6. The third-order valence-electron chi connectivity index (χ3n) is 9.49. The SMILES string of the molecule is NC1CCCc2cc3ccccc3[n+](CCCCCCCCCC[n+]3c4c(cc5ccccc53)CCCC4N)c21. The number of aromatic nitrogens is 2. The van der Waals surface area contributed by atoms with Crippen LogP contribution in [0.4, 0.5) is 0 Å². The molecule has 0 amide bonds. The number of benzene rings is 2. The van der Waals surface area contributed by atoms with Crippen LogP contribution < -0.4 is 20.6 Å². The Bertz CT molecular complexity index is 1350. The second-order valence-electron chi connectivity index (χ2n) is 12.4. The van der Waals surface area contributed by atoms with E-state index in [1.807, 2.05) is 0 Å². The maximum atomic E-state index is 6.62. The van der Waals surface area contributed by atoms with Crippen LogP contribution in [0.1, 0.15) is 112 Å². The Morgan fingerprint density at radius 3 is 1.40 bits per heavy atom. The number of aryl methyl sites for hydroxylation is 4. The van der Waals surface area contributed by atoms with Crippen molar-refractivity contribution in [1.82, 2.24) is 0 Å². The van der Waals surface area contributed by atoms with Gasteiger partial charge in [0.2, 0.25) is 22.4 Å². The maximum Gasteiger partial charge on any atom is 0.212 e. The monoisotopic (exact) mass is 536 g/mol. The second kappa shape index (κ2) is 12.8. The largest absolute Gasteiger partial charge is 0.319 e. The van der Waals surface area contributed by atoms with Gasteiger partial charge in [-0.2, -0.15) is 9.13 Å². The Morgan fingerprint density at radius 2 is 0.950 bits per heavy atom. The minimum absolute atomic E-state index is 0.182. The minimum Gasteiger partial charge on any atom is -0.319 e. The first kappa shape index (κ1) is 27.4. The van der Waals surface area contributed by atoms with Crippen molar-refractivity contribution < 1.29 is 9.13 Å². The molecular formula is C36H48N4+2. The van der Waals surface area contributed by atoms with Gasteiger partial charge >= 0.3 is 0 Å². The number of nitrogens with two attached hydrogens (primary N) is 2. The van der Waals surface area contributed by atoms with E-state index in [0.717, 1.165) is 25.9 Å². The van der Waals surface area contributed by atoms with Gasteiger partial charge in [0.15, 0.2) is 0 Å². The van der Waals surface area contributed by atoms with Gasteiger partial charge in [0.1, 0.15) is 13.1 Å². The molecule has 6 rings (SSSR count). The number of rotatable bonds is 11. The van der Waals surface area contributed by atoms with Gasteiger partial charge in [-0.3, -0.25) is 0 Å². The van der Waals surface area contributed by atoms with E-state index in [1.54, 1.807) is 0 Å². The smallest absolute Gasteiger partial charge is 0.212 e. The first-order chi connectivity index (χ1) is 19.7. The molecule has 4 heteroatoms. The Morgan fingerprint density at radius 1 is 0.550 bits per heavy atom. The second-order valence-corrected chi connectivity index (χ2v) is 12.4. The van der Waals surface area contributed by atoms with Gasteiger partial charge in [0, 0.05) is 46.9 Å². The molecule has 2 aromatic carbocycles. The molecular weight excluding hydrogens is 488 g/mol. The highest BCUT2D eigenvalue weighted by Crippen LogP contribution is 2.29. The first-order valence-corrected chi connectivity index (χ1v) is 16.1. The van der Waals surface area contributed by atoms with E-state index >= 15 is 0 Å². The molecule has 2 unspecified atom stereocenters. The fraction of sp³-hybridized carbons (Fsp3) is 0.500. The van der Waals surface area contributed by atoms with Crippen LogP contribution in [0.2, 0.25) is 0 Å². The van der Waals surface area contributed by atoms with Gasteiger partial charge in [-0.05, 0) is 75.6 Å². The predicted octanol–water partition coefficient (Wildman–Crippen LogP) is 7.06. The minimum atomic E-state index is 0.182. The van der Waals surface area contributed by atoms with Crippen molar-refractivity contribution in [2.75, 3.05) is 0 Å². The highest BCUT2D eigenvalue weighted by molar-refractivity contribution is 5.77. The van der Waals surface area contributed by atoms with Crippen LogP contribution in [0.25, 0.3) is 21.8 Å². The number of fused-ring (bicyclic) bond motifs is 4. The van der Waals surface area contributed by atoms with Gasteiger partial charge in [-0.1, -0.05) is 49.9 Å². The van der Waals surface area contributed by atoms with Gasteiger partial charge in [-0.25, -0.2) is 0 Å². The van der Waals surface area contributed by atoms with Crippen molar-refractivity contribution in [2.24, 2.45) is 11.5 Å². The van der Waals surface area contributed by atoms with Crippen LogP contribution in [0, 0.1) is 0 Å². The molecule has 4 nitrogen and oxygen atoms in total. The molecule has 2 aliphatic carbocycles. The fourth-order valence-electron chi connectivity index (χ4n) is 7.50. The van der Waals surface area contributed by atoms with Crippen molar-refractivity contribution in [2.45, 2.75) is 115 Å². The summed E-state index contributed by atoms with van der Waals surface area (Å²) in [6, 6.07) is 22.9. The molecule has 0 saturated carbocycles. The van der Waals surface area contributed by atoms with Crippen molar-refractivity contribution in [3.05, 3.63) is 83.2 Å². The van der Waals surface area contributed by atoms with E-state index in [2.05, 4.69) is 69.8 Å². The number of para-hydroxylation sites is 2. The van der Waals surface area contributed by atoms with Crippen molar-refractivity contribution in [3.8, 4) is 0 Å². The van der Waals surface area contributed by atoms with Gasteiger partial charge in [-0.15, -0.1) is 0 Å². The summed E-state index contributed by atoms with van der Waals surface area (Å²) in [5.74, 6) is 0. The van der Waals surface area contributed by atoms with Crippen LogP contribution in [0.15, 0.2) is 60.7 Å². The van der Waals surface area contributed by atoms with E-state index in [4.69, 9.17) is 11.5 Å². The van der Waals surface area contributed by atoms with E-state index in [1.165, 1.54) is 121 Å². The molecule has 4 aromatic rings. The summed E-state index contributed by atoms with van der Waals surface area (Å²) in [5, 5.41) is 2.72. The summed E-state index contributed by atoms with van der Waals surface area (Å²) in [5.41, 5.74) is 21.7. The maximum absolute atomic E-state index is 6.62. The van der Waals surface area contributed by atoms with Crippen LogP contribution in [-0.4, -0.2) is 0 Å². The van der Waals surface area contributed by atoms with Crippen molar-refractivity contribution in [1.29, 1.82) is 0 Å². The summed E-state index contributed by atoms with van der Waals surface area (Å²) in [6.07, 6.45) is 17.4. The summed E-state index contributed by atoms with van der Waals surface area (Å²) >= 11 is 0. The summed E-state index contributed by atoms with van der Waals surface area (Å²) in [7, 11) is 0. The van der Waals surface area contributed by atoms with Crippen LogP contribution in [0.5, 0.6) is 0 Å². The Labute approximate surface area is 240 Å². The predicted molar refractivity (Wildman–Crippen MR) is 165 cm³/mol. The highest BCUT2D eigenvalue weighted by Gasteiger charge is 2.30. The molecule has 0 bridgehead atoms. The molecule has 0 fully saturated rings. The summed E-state index contributed by atoms with van der Waals surface area (Å²) < 4.78 is 5.12. The number of unbranched alkanes of at least 4 members (excludes halogenated alkanes) is 7. The lowest BCUT2D eigenvalue weighted by atomic mass is 9.90. The molecule has 2 aliphatic rings. The number of nitrogens with zero attached hydrogens (tertiary/aromatic N) is 2. The molecule has 4 N–H and O–H groups in total. The molecule has 0 aliphatic heterocycles. The Balaban J connectivity index is 0.965. The van der Waals surface area contributed by atoms with Crippen molar-refractivity contribution in [3.63, 3.8) is 0 Å². The average molecular weight is 537 g/mol. The fourth-order valence-corrected chi connectivity index (χ4v) is 7.50. The molecule has 210 valence electrons. The quantitative estimate of drug-likeness (QED) is 0.159. The molecule has 2 heterocycles. The summed E-state index contributed by atoms with van der Waals surface area (Å²) in [6.45, 7) is 2.18. The van der Waals surface area contributed by atoms with Gasteiger partial charge in [0.05, 0.1) is 12.1 Å². The topological polar surface area (TPSA) is 59.8 Å². The number of hydrogen-bond acceptors (Lipinski definition) is 2. The molecule has 0 saturated heterocycles. The standard InChI is InChI=1S/C36H48N4/c37-31-19-13-17-29-25-27-15-7-9-21-33(27)39(35(29)31)23-11-5-3-1-2-4-6-12-24-40-34-22-10-8-16-28(34)26-30-18-14-20-32(38)36(30)40/h7-10,15-16,21-22,25-26,31-32H,1-6,11-14,17-20,23-24,37-38H2/q+2. The molecule has 0 spiro atoms. The zero-order valence-electron chi connectivity index (χ0n) is 24.3. The van der Waals surface area contributed by atoms with Crippen LogP contribution in [-0.2, 0) is 25.9 Å². The average Bonchev–Trinajstić information content (AvgIpc) is 2.97. The van der Waals surface area contributed by atoms with Crippen LogP contribution >= 0.6 is 0 Å². The Kier molecular flexibility index (Phi) is 8.74. The number of hydrogen-bond donors (Lipinski definition) is 2. The van der Waals surface area contributed by atoms with Crippen LogP contribution in [0.3, 0.4) is 0 Å². The lowest BCUT2D eigenvalue weighted by Crippen LogP contribution is -2.44. The lowest BCUT2D eigenvalue weighted by molar-refractivity contribution is -0.681. The first-order valence-electron chi connectivity index (χ1n) is 16.1. The van der Waals surface area contributed by atoms with E-state index in [9.17, 15) is 0 Å². The van der Waals surface area contributed by atoms with Gasteiger partial charge < -0.3 is 11.5 Å². The lowest BCUT2D eigenvalue weighted by Gasteiger charge is -2.21. The molecule has 2 atom stereocenters. The number of pyridine rings is 2. The van der Waals surface area contributed by atoms with Gasteiger partial charge in [0.25, 0.3) is 0 Å². The Hall–Kier alpha value is -2.82. The third kappa shape index (κ3) is 5.80. The highest BCUT2D eigenvalue weighted by atomic mass is 15.0. The molecule has 2 aromatic heterocycles. The van der Waals surface area contributed by atoms with Crippen molar-refractivity contribution >= 4 is 21.8 Å². The summed E-state index contributed by atoms with van der Waals surface area (Å²) in [4.78, 5) is 0.